The van der Waals surface area contributed by atoms with Gasteiger partial charge in [0.25, 0.3) is 5.91 Å². The van der Waals surface area contributed by atoms with E-state index in [4.69, 9.17) is 9.88 Å². The van der Waals surface area contributed by atoms with Crippen molar-refractivity contribution in [3.8, 4) is 5.75 Å². The number of amides is 1. The van der Waals surface area contributed by atoms with Gasteiger partial charge in [-0.05, 0) is 32.0 Å². The number of hydrogen-bond acceptors (Lipinski definition) is 4. The highest BCUT2D eigenvalue weighted by atomic mass is 32.2. The fourth-order valence-electron chi connectivity index (χ4n) is 1.89. The van der Waals surface area contributed by atoms with E-state index in [1.165, 1.54) is 23.1 Å². The van der Waals surface area contributed by atoms with Crippen LogP contribution in [0.5, 0.6) is 5.75 Å². The lowest BCUT2D eigenvalue weighted by molar-refractivity contribution is -0.125. The van der Waals surface area contributed by atoms with Gasteiger partial charge in [0.1, 0.15) is 5.75 Å². The highest BCUT2D eigenvalue weighted by Crippen LogP contribution is 2.35. The number of nitrogens with zero attached hydrogens (tertiary/aromatic N) is 1. The minimum absolute atomic E-state index is 0.0364. The smallest absolute Gasteiger partial charge is 0.267 e. The Morgan fingerprint density at radius 2 is 2.11 bits per heavy atom. The third-order valence-electron chi connectivity index (χ3n) is 2.78. The van der Waals surface area contributed by atoms with Gasteiger partial charge < -0.3 is 9.64 Å². The van der Waals surface area contributed by atoms with Crippen LogP contribution in [0.3, 0.4) is 0 Å². The van der Waals surface area contributed by atoms with Crippen LogP contribution in [0, 0.1) is 0 Å². The number of likely N-dealkylation sites (N-methyl/N-ethyl adjacent to an activating group) is 1. The summed E-state index contributed by atoms with van der Waals surface area (Å²) in [6, 6.07) is 4.24. The zero-order valence-electron chi connectivity index (χ0n) is 10.1. The molecule has 0 bridgehead atoms. The van der Waals surface area contributed by atoms with Gasteiger partial charge in [-0.1, -0.05) is 0 Å². The normalized spacial score (nSPS) is 19.4. The molecule has 1 atom stereocenters. The third kappa shape index (κ3) is 2.06. The second-order valence-electron chi connectivity index (χ2n) is 4.02. The third-order valence-corrected chi connectivity index (χ3v) is 3.69. The van der Waals surface area contributed by atoms with Crippen LogP contribution in [0.15, 0.2) is 23.1 Å². The largest absolute Gasteiger partial charge is 0.479 e. The Bertz CT molecular complexity index is 597. The maximum Gasteiger partial charge on any atom is 0.267 e. The Morgan fingerprint density at radius 1 is 1.44 bits per heavy atom. The summed E-state index contributed by atoms with van der Waals surface area (Å²) >= 11 is 0. The van der Waals surface area contributed by atoms with Crippen molar-refractivity contribution in [3.63, 3.8) is 0 Å². The van der Waals surface area contributed by atoms with Gasteiger partial charge in [-0.25, -0.2) is 13.6 Å². The summed E-state index contributed by atoms with van der Waals surface area (Å²) in [7, 11) is -3.79. The molecule has 6 nitrogen and oxygen atoms in total. The zero-order valence-corrected chi connectivity index (χ0v) is 10.9. The molecule has 0 aromatic heterocycles. The molecule has 1 amide bonds. The molecule has 1 aromatic carbocycles. The number of carbonyl (C=O) groups is 1. The summed E-state index contributed by atoms with van der Waals surface area (Å²) in [5.74, 6) is 0.285. The summed E-state index contributed by atoms with van der Waals surface area (Å²) in [4.78, 5) is 13.3. The van der Waals surface area contributed by atoms with E-state index >= 15 is 0 Å². The standard InChI is InChI=1S/C11H14N2O4S/c1-3-13-9-6-8(18(12,15)16)4-5-10(9)17-7(2)11(13)14/h4-7H,3H2,1-2H3,(H2,12,15,16). The monoisotopic (exact) mass is 270 g/mol. The highest BCUT2D eigenvalue weighted by molar-refractivity contribution is 7.89. The number of carbonyl (C=O) groups excluding carboxylic acids is 1. The molecule has 0 aliphatic carbocycles. The van der Waals surface area contributed by atoms with Crippen LogP contribution in [0.25, 0.3) is 0 Å². The van der Waals surface area contributed by atoms with Crippen molar-refractivity contribution in [2.45, 2.75) is 24.8 Å². The molecule has 1 aliphatic heterocycles. The summed E-state index contributed by atoms with van der Waals surface area (Å²) < 4.78 is 28.0. The van der Waals surface area contributed by atoms with Crippen LogP contribution in [0.1, 0.15) is 13.8 Å². The van der Waals surface area contributed by atoms with Gasteiger partial charge in [-0.3, -0.25) is 4.79 Å². The van der Waals surface area contributed by atoms with Gasteiger partial charge >= 0.3 is 0 Å². The molecule has 7 heteroatoms. The van der Waals surface area contributed by atoms with Crippen molar-refractivity contribution in [1.82, 2.24) is 0 Å². The van der Waals surface area contributed by atoms with E-state index in [1.54, 1.807) is 6.92 Å². The van der Waals surface area contributed by atoms with E-state index in [-0.39, 0.29) is 10.8 Å². The van der Waals surface area contributed by atoms with Crippen LogP contribution in [0.4, 0.5) is 5.69 Å². The highest BCUT2D eigenvalue weighted by Gasteiger charge is 2.31. The van der Waals surface area contributed by atoms with Gasteiger partial charge in [-0.2, -0.15) is 0 Å². The van der Waals surface area contributed by atoms with E-state index in [2.05, 4.69) is 0 Å². The fraction of sp³-hybridized carbons (Fsp3) is 0.364. The maximum absolute atomic E-state index is 11.9. The molecule has 2 N–H and O–H groups in total. The van der Waals surface area contributed by atoms with E-state index in [1.807, 2.05) is 6.92 Å². The molecule has 1 aromatic rings. The Kier molecular flexibility index (Phi) is 3.04. The number of primary sulfonamides is 1. The van der Waals surface area contributed by atoms with Crippen molar-refractivity contribution in [1.29, 1.82) is 0 Å². The fourth-order valence-corrected chi connectivity index (χ4v) is 2.42. The number of nitrogens with two attached hydrogens (primary N) is 1. The minimum Gasteiger partial charge on any atom is -0.479 e. The molecule has 2 rings (SSSR count). The molecule has 0 saturated heterocycles. The lowest BCUT2D eigenvalue weighted by Crippen LogP contribution is -2.44. The molecule has 0 radical (unpaired) electrons. The quantitative estimate of drug-likeness (QED) is 0.845. The van der Waals surface area contributed by atoms with E-state index in [0.717, 1.165) is 0 Å². The Labute approximate surface area is 105 Å². The molecule has 18 heavy (non-hydrogen) atoms. The van der Waals surface area contributed by atoms with Crippen LogP contribution < -0.4 is 14.8 Å². The van der Waals surface area contributed by atoms with E-state index < -0.39 is 16.1 Å². The first-order valence-electron chi connectivity index (χ1n) is 5.49. The Morgan fingerprint density at radius 3 is 2.67 bits per heavy atom. The predicted octanol–water partition coefficient (Wildman–Crippen LogP) is 0.468. The number of ether oxygens (including phenoxy) is 1. The summed E-state index contributed by atoms with van der Waals surface area (Å²) in [5.41, 5.74) is 0.437. The van der Waals surface area contributed by atoms with Crippen LogP contribution in [0.2, 0.25) is 0 Å². The number of benzene rings is 1. The second kappa shape index (κ2) is 4.25. The second-order valence-corrected chi connectivity index (χ2v) is 5.58. The average molecular weight is 270 g/mol. The predicted molar refractivity (Wildman–Crippen MR) is 65.9 cm³/mol. The van der Waals surface area contributed by atoms with E-state index in [9.17, 15) is 13.2 Å². The molecule has 1 heterocycles. The number of fused-ring (bicyclic) bond motifs is 1. The molecule has 1 aliphatic rings. The van der Waals surface area contributed by atoms with Gasteiger partial charge in [0.15, 0.2) is 6.10 Å². The molecular formula is C11H14N2O4S. The first-order chi connectivity index (χ1) is 8.34. The van der Waals surface area contributed by atoms with Crippen molar-refractivity contribution in [3.05, 3.63) is 18.2 Å². The average Bonchev–Trinajstić information content (AvgIpc) is 2.29. The topological polar surface area (TPSA) is 89.7 Å². The van der Waals surface area contributed by atoms with Gasteiger partial charge in [0, 0.05) is 6.54 Å². The minimum atomic E-state index is -3.79. The van der Waals surface area contributed by atoms with Gasteiger partial charge in [0.05, 0.1) is 10.6 Å². The Balaban J connectivity index is 2.58. The van der Waals surface area contributed by atoms with Crippen molar-refractivity contribution in [2.24, 2.45) is 5.14 Å². The van der Waals surface area contributed by atoms with Gasteiger partial charge in [0.2, 0.25) is 10.0 Å². The molecule has 0 saturated carbocycles. The first kappa shape index (κ1) is 12.8. The molecular weight excluding hydrogens is 256 g/mol. The molecule has 0 fully saturated rings. The van der Waals surface area contributed by atoms with Crippen LogP contribution >= 0.6 is 0 Å². The molecule has 0 spiro atoms. The lowest BCUT2D eigenvalue weighted by atomic mass is 10.2. The van der Waals surface area contributed by atoms with Crippen molar-refractivity contribution >= 4 is 21.6 Å². The summed E-state index contributed by atoms with van der Waals surface area (Å²) in [5, 5.41) is 5.07. The van der Waals surface area contributed by atoms with Crippen LogP contribution in [-0.4, -0.2) is 27.0 Å². The lowest BCUT2D eigenvalue weighted by Gasteiger charge is -2.32. The van der Waals surface area contributed by atoms with Crippen molar-refractivity contribution in [2.75, 3.05) is 11.4 Å². The number of sulfonamides is 1. The Hall–Kier alpha value is -1.60. The van der Waals surface area contributed by atoms with Crippen molar-refractivity contribution < 1.29 is 17.9 Å². The summed E-state index contributed by atoms with van der Waals surface area (Å²) in [6.07, 6.45) is -0.571. The number of hydrogen-bond donors (Lipinski definition) is 1. The first-order valence-corrected chi connectivity index (χ1v) is 7.04. The van der Waals surface area contributed by atoms with Crippen LogP contribution in [-0.2, 0) is 14.8 Å². The van der Waals surface area contributed by atoms with E-state index in [0.29, 0.717) is 18.0 Å². The molecule has 1 unspecified atom stereocenters. The summed E-state index contributed by atoms with van der Waals surface area (Å²) in [6.45, 7) is 3.90. The molecule has 98 valence electrons. The maximum atomic E-state index is 11.9. The number of anilines is 1. The zero-order chi connectivity index (χ0) is 13.5. The van der Waals surface area contributed by atoms with Gasteiger partial charge in [-0.15, -0.1) is 0 Å². The SMILES string of the molecule is CCN1C(=O)C(C)Oc2ccc(S(N)(=O)=O)cc21. The number of rotatable bonds is 2.